The largest absolute Gasteiger partial charge is 0.373 e. The summed E-state index contributed by atoms with van der Waals surface area (Å²) in [5, 5.41) is 2.41. The SMILES string of the molecule is Cc1ccc2c(c1)C[C@@]1(CN2C)C(=O)NC(=O)N(Cc2ccccc2)C1=O. The van der Waals surface area contributed by atoms with E-state index in [1.54, 1.807) is 0 Å². The first-order valence-corrected chi connectivity index (χ1v) is 8.93. The van der Waals surface area contributed by atoms with E-state index in [2.05, 4.69) is 5.32 Å². The molecule has 4 rings (SSSR count). The van der Waals surface area contributed by atoms with Gasteiger partial charge < -0.3 is 4.90 Å². The Morgan fingerprint density at radius 1 is 1.07 bits per heavy atom. The number of carbonyl (C=O) groups excluding carboxylic acids is 3. The van der Waals surface area contributed by atoms with E-state index in [0.717, 1.165) is 27.3 Å². The summed E-state index contributed by atoms with van der Waals surface area (Å²) in [7, 11) is 1.87. The summed E-state index contributed by atoms with van der Waals surface area (Å²) in [6, 6.07) is 14.7. The Hall–Kier alpha value is -3.15. The van der Waals surface area contributed by atoms with E-state index in [-0.39, 0.29) is 19.5 Å². The van der Waals surface area contributed by atoms with Gasteiger partial charge in [0.25, 0.3) is 0 Å². The summed E-state index contributed by atoms with van der Waals surface area (Å²) >= 11 is 0. The molecule has 0 unspecified atom stereocenters. The van der Waals surface area contributed by atoms with Crippen molar-refractivity contribution in [1.82, 2.24) is 10.2 Å². The van der Waals surface area contributed by atoms with Crippen molar-refractivity contribution in [2.45, 2.75) is 19.9 Å². The van der Waals surface area contributed by atoms with E-state index in [9.17, 15) is 14.4 Å². The summed E-state index contributed by atoms with van der Waals surface area (Å²) < 4.78 is 0. The minimum Gasteiger partial charge on any atom is -0.373 e. The molecule has 27 heavy (non-hydrogen) atoms. The number of imide groups is 2. The number of nitrogens with one attached hydrogen (secondary N) is 1. The Bertz CT molecular complexity index is 941. The molecule has 0 bridgehead atoms. The van der Waals surface area contributed by atoms with Gasteiger partial charge in [0.2, 0.25) is 11.8 Å². The van der Waals surface area contributed by atoms with Crippen LogP contribution in [0.1, 0.15) is 16.7 Å². The minimum absolute atomic E-state index is 0.144. The van der Waals surface area contributed by atoms with E-state index in [0.29, 0.717) is 0 Å². The molecule has 1 spiro atoms. The van der Waals surface area contributed by atoms with Crippen molar-refractivity contribution in [3.05, 3.63) is 65.2 Å². The number of hydrogen-bond donors (Lipinski definition) is 1. The first-order valence-electron chi connectivity index (χ1n) is 8.93. The molecule has 138 valence electrons. The summed E-state index contributed by atoms with van der Waals surface area (Å²) in [4.78, 5) is 41.7. The molecule has 4 amide bonds. The number of rotatable bonds is 2. The van der Waals surface area contributed by atoms with Gasteiger partial charge in [-0.25, -0.2) is 4.79 Å². The summed E-state index contributed by atoms with van der Waals surface area (Å²) in [5.41, 5.74) is 2.57. The molecule has 2 aliphatic heterocycles. The molecular formula is C21H21N3O3. The molecule has 1 fully saturated rings. The highest BCUT2D eigenvalue weighted by Gasteiger charge is 2.56. The molecule has 6 nitrogen and oxygen atoms in total. The lowest BCUT2D eigenvalue weighted by Gasteiger charge is -2.45. The second kappa shape index (κ2) is 6.23. The molecule has 2 aromatic rings. The molecule has 0 aromatic heterocycles. The number of nitrogens with zero attached hydrogens (tertiary/aromatic N) is 2. The van der Waals surface area contributed by atoms with Gasteiger partial charge in [-0.05, 0) is 30.5 Å². The van der Waals surface area contributed by atoms with Crippen molar-refractivity contribution in [2.75, 3.05) is 18.5 Å². The number of fused-ring (bicyclic) bond motifs is 1. The maximum absolute atomic E-state index is 13.4. The molecule has 6 heteroatoms. The first kappa shape index (κ1) is 17.3. The number of urea groups is 1. The Balaban J connectivity index is 1.72. The van der Waals surface area contributed by atoms with E-state index in [4.69, 9.17) is 0 Å². The Morgan fingerprint density at radius 2 is 1.81 bits per heavy atom. The normalized spacial score (nSPS) is 22.1. The van der Waals surface area contributed by atoms with Crippen LogP contribution in [0.25, 0.3) is 0 Å². The number of hydrogen-bond acceptors (Lipinski definition) is 4. The van der Waals surface area contributed by atoms with Gasteiger partial charge in [-0.1, -0.05) is 48.0 Å². The van der Waals surface area contributed by atoms with Crippen LogP contribution in [0.3, 0.4) is 0 Å². The third-order valence-electron chi connectivity index (χ3n) is 5.38. The van der Waals surface area contributed by atoms with Gasteiger partial charge in [-0.2, -0.15) is 0 Å². The summed E-state index contributed by atoms with van der Waals surface area (Å²) in [6.45, 7) is 2.37. The van der Waals surface area contributed by atoms with Crippen molar-refractivity contribution in [1.29, 1.82) is 0 Å². The Kier molecular flexibility index (Phi) is 3.98. The molecule has 2 heterocycles. The van der Waals surface area contributed by atoms with Crippen molar-refractivity contribution in [3.63, 3.8) is 0 Å². The molecule has 2 aromatic carbocycles. The van der Waals surface area contributed by atoms with Crippen LogP contribution in [0.15, 0.2) is 48.5 Å². The quantitative estimate of drug-likeness (QED) is 0.831. The van der Waals surface area contributed by atoms with Crippen LogP contribution in [0.4, 0.5) is 10.5 Å². The van der Waals surface area contributed by atoms with E-state index >= 15 is 0 Å². The van der Waals surface area contributed by atoms with E-state index < -0.39 is 23.3 Å². The molecule has 0 saturated carbocycles. The van der Waals surface area contributed by atoms with Gasteiger partial charge >= 0.3 is 6.03 Å². The highest BCUT2D eigenvalue weighted by molar-refractivity contribution is 6.20. The van der Waals surface area contributed by atoms with Gasteiger partial charge in [-0.3, -0.25) is 19.8 Å². The van der Waals surface area contributed by atoms with E-state index in [1.165, 1.54) is 0 Å². The zero-order valence-corrected chi connectivity index (χ0v) is 15.4. The maximum Gasteiger partial charge on any atom is 0.331 e. The fourth-order valence-electron chi connectivity index (χ4n) is 4.04. The number of carbonyl (C=O) groups is 3. The average molecular weight is 363 g/mol. The van der Waals surface area contributed by atoms with Crippen molar-refractivity contribution in [3.8, 4) is 0 Å². The number of benzene rings is 2. The third kappa shape index (κ3) is 2.77. The fourth-order valence-corrected chi connectivity index (χ4v) is 4.04. The maximum atomic E-state index is 13.4. The molecule has 0 radical (unpaired) electrons. The second-order valence-corrected chi connectivity index (χ2v) is 7.38. The predicted octanol–water partition coefficient (Wildman–Crippen LogP) is 2.25. The van der Waals surface area contributed by atoms with Gasteiger partial charge in [0.15, 0.2) is 0 Å². The highest BCUT2D eigenvalue weighted by atomic mass is 16.2. The number of barbiturate groups is 1. The van der Waals surface area contributed by atoms with Crippen LogP contribution < -0.4 is 10.2 Å². The molecule has 1 atom stereocenters. The second-order valence-electron chi connectivity index (χ2n) is 7.38. The molecule has 1 saturated heterocycles. The van der Waals surface area contributed by atoms with Crippen molar-refractivity contribution >= 4 is 23.5 Å². The summed E-state index contributed by atoms with van der Waals surface area (Å²) in [5.74, 6) is -0.945. The zero-order chi connectivity index (χ0) is 19.2. The van der Waals surface area contributed by atoms with Crippen molar-refractivity contribution in [2.24, 2.45) is 5.41 Å². The lowest BCUT2D eigenvalue weighted by atomic mass is 9.74. The van der Waals surface area contributed by atoms with Crippen LogP contribution in [-0.2, 0) is 22.6 Å². The molecule has 1 N–H and O–H groups in total. The Labute approximate surface area is 157 Å². The highest BCUT2D eigenvalue weighted by Crippen LogP contribution is 2.39. The lowest BCUT2D eigenvalue weighted by Crippen LogP contribution is -2.68. The van der Waals surface area contributed by atoms with Crippen LogP contribution in [-0.4, -0.2) is 36.3 Å². The topological polar surface area (TPSA) is 69.7 Å². The van der Waals surface area contributed by atoms with Crippen molar-refractivity contribution < 1.29 is 14.4 Å². The average Bonchev–Trinajstić information content (AvgIpc) is 2.64. The summed E-state index contributed by atoms with van der Waals surface area (Å²) in [6.07, 6.45) is 0.289. The zero-order valence-electron chi connectivity index (χ0n) is 15.4. The van der Waals surface area contributed by atoms with Gasteiger partial charge in [0, 0.05) is 19.3 Å². The fraction of sp³-hybridized carbons (Fsp3) is 0.286. The smallest absolute Gasteiger partial charge is 0.331 e. The lowest BCUT2D eigenvalue weighted by molar-refractivity contribution is -0.151. The number of aryl methyl sites for hydroxylation is 1. The standard InChI is InChI=1S/C21H21N3O3/c1-14-8-9-17-16(10-14)11-21(13-23(17)2)18(25)22-20(27)24(19(21)26)12-15-6-4-3-5-7-15/h3-10H,11-13H2,1-2H3,(H,22,25,27)/t21-/m1/s1. The van der Waals surface area contributed by atoms with Crippen LogP contribution in [0, 0.1) is 12.3 Å². The van der Waals surface area contributed by atoms with Gasteiger partial charge in [0.05, 0.1) is 6.54 Å². The molecule has 2 aliphatic rings. The predicted molar refractivity (Wildman–Crippen MR) is 101 cm³/mol. The van der Waals surface area contributed by atoms with Crippen LogP contribution in [0.5, 0.6) is 0 Å². The van der Waals surface area contributed by atoms with E-state index in [1.807, 2.05) is 67.4 Å². The minimum atomic E-state index is -1.29. The molecular weight excluding hydrogens is 342 g/mol. The van der Waals surface area contributed by atoms with Gasteiger partial charge in [0.1, 0.15) is 5.41 Å². The molecule has 0 aliphatic carbocycles. The number of amides is 4. The first-order chi connectivity index (χ1) is 12.9. The van der Waals surface area contributed by atoms with Crippen LogP contribution in [0.2, 0.25) is 0 Å². The third-order valence-corrected chi connectivity index (χ3v) is 5.38. The van der Waals surface area contributed by atoms with Gasteiger partial charge in [-0.15, -0.1) is 0 Å². The Morgan fingerprint density at radius 3 is 2.56 bits per heavy atom. The number of anilines is 1. The monoisotopic (exact) mass is 363 g/mol. The van der Waals surface area contributed by atoms with Crippen LogP contribution >= 0.6 is 0 Å².